The molecule has 0 radical (unpaired) electrons. The molecule has 2 heteroatoms. The Labute approximate surface area is 134 Å². The Morgan fingerprint density at radius 1 is 0.450 bits per heavy atom. The van der Waals surface area contributed by atoms with E-state index in [1.807, 2.05) is 0 Å². The van der Waals surface area contributed by atoms with E-state index >= 15 is 0 Å². The molecule has 0 aliphatic heterocycles. The molecule has 0 aromatic rings. The van der Waals surface area contributed by atoms with Crippen LogP contribution in [0.25, 0.3) is 0 Å². The Hall–Kier alpha value is 0.250. The third kappa shape index (κ3) is 20.6. The van der Waals surface area contributed by atoms with Crippen LogP contribution in [0.2, 0.25) is 0 Å². The first-order chi connectivity index (χ1) is 9.41. The van der Waals surface area contributed by atoms with Crippen molar-refractivity contribution in [2.45, 2.75) is 110 Å². The lowest BCUT2D eigenvalue weighted by Crippen LogP contribution is -1.97. The summed E-state index contributed by atoms with van der Waals surface area (Å²) >= 11 is 0. The SMILES string of the molecule is CCCCCCCCCCCCCCCCCCN.Cl. The van der Waals surface area contributed by atoms with Gasteiger partial charge in [-0.05, 0) is 13.0 Å². The molecular formula is C18H40ClN. The van der Waals surface area contributed by atoms with E-state index in [1.54, 1.807) is 0 Å². The van der Waals surface area contributed by atoms with Crippen LogP contribution in [-0.2, 0) is 0 Å². The standard InChI is InChI=1S/C18H39N.ClH/c1-2-3-4-5-6-7-8-9-10-11-12-13-14-15-16-17-18-19;/h2-19H2,1H3;1H. The van der Waals surface area contributed by atoms with Crippen LogP contribution in [0.3, 0.4) is 0 Å². The summed E-state index contributed by atoms with van der Waals surface area (Å²) in [6.07, 6.45) is 22.9. The topological polar surface area (TPSA) is 26.0 Å². The molecule has 0 aromatic heterocycles. The van der Waals surface area contributed by atoms with Gasteiger partial charge < -0.3 is 5.73 Å². The van der Waals surface area contributed by atoms with Crippen molar-refractivity contribution in [2.75, 3.05) is 6.54 Å². The van der Waals surface area contributed by atoms with Crippen LogP contribution < -0.4 is 5.73 Å². The van der Waals surface area contributed by atoms with Crippen LogP contribution in [0.1, 0.15) is 110 Å². The van der Waals surface area contributed by atoms with E-state index < -0.39 is 0 Å². The molecular weight excluding hydrogens is 266 g/mol. The van der Waals surface area contributed by atoms with E-state index in [4.69, 9.17) is 5.73 Å². The number of hydrogen-bond acceptors (Lipinski definition) is 1. The third-order valence-electron chi connectivity index (χ3n) is 4.06. The second kappa shape index (κ2) is 21.5. The summed E-state index contributed by atoms with van der Waals surface area (Å²) < 4.78 is 0. The molecule has 0 amide bonds. The summed E-state index contributed by atoms with van der Waals surface area (Å²) in [5, 5.41) is 0. The minimum atomic E-state index is 0. The van der Waals surface area contributed by atoms with E-state index in [-0.39, 0.29) is 12.4 Å². The summed E-state index contributed by atoms with van der Waals surface area (Å²) in [6, 6.07) is 0. The Bertz CT molecular complexity index is 134. The van der Waals surface area contributed by atoms with Gasteiger partial charge in [0.15, 0.2) is 0 Å². The van der Waals surface area contributed by atoms with Gasteiger partial charge in [0, 0.05) is 0 Å². The van der Waals surface area contributed by atoms with Crippen molar-refractivity contribution in [2.24, 2.45) is 5.73 Å². The van der Waals surface area contributed by atoms with Gasteiger partial charge in [0.2, 0.25) is 0 Å². The minimum Gasteiger partial charge on any atom is -0.330 e. The summed E-state index contributed by atoms with van der Waals surface area (Å²) in [5.41, 5.74) is 5.48. The lowest BCUT2D eigenvalue weighted by Gasteiger charge is -2.03. The third-order valence-corrected chi connectivity index (χ3v) is 4.06. The maximum Gasteiger partial charge on any atom is -0.00773 e. The Morgan fingerprint density at radius 3 is 0.950 bits per heavy atom. The first kappa shape index (κ1) is 22.5. The molecule has 0 aromatic carbocycles. The molecule has 0 heterocycles. The highest BCUT2D eigenvalue weighted by atomic mass is 35.5. The van der Waals surface area contributed by atoms with E-state index in [0.717, 1.165) is 6.54 Å². The lowest BCUT2D eigenvalue weighted by atomic mass is 10.0. The summed E-state index contributed by atoms with van der Waals surface area (Å²) in [7, 11) is 0. The smallest absolute Gasteiger partial charge is 0.00773 e. The van der Waals surface area contributed by atoms with E-state index in [2.05, 4.69) is 6.92 Å². The van der Waals surface area contributed by atoms with Crippen molar-refractivity contribution in [3.63, 3.8) is 0 Å². The number of nitrogens with two attached hydrogens (primary N) is 1. The normalized spacial score (nSPS) is 10.5. The summed E-state index contributed by atoms with van der Waals surface area (Å²) in [6.45, 7) is 3.16. The van der Waals surface area contributed by atoms with Crippen LogP contribution in [0.15, 0.2) is 0 Å². The van der Waals surface area contributed by atoms with Crippen molar-refractivity contribution in [1.82, 2.24) is 0 Å². The number of rotatable bonds is 16. The molecule has 0 fully saturated rings. The molecule has 0 aliphatic carbocycles. The largest absolute Gasteiger partial charge is 0.330 e. The highest BCUT2D eigenvalue weighted by Crippen LogP contribution is 2.13. The van der Waals surface area contributed by atoms with Gasteiger partial charge in [0.05, 0.1) is 0 Å². The zero-order valence-electron chi connectivity index (χ0n) is 14.0. The first-order valence-corrected chi connectivity index (χ1v) is 9.12. The van der Waals surface area contributed by atoms with Gasteiger partial charge in [-0.25, -0.2) is 0 Å². The van der Waals surface area contributed by atoms with Crippen molar-refractivity contribution >= 4 is 12.4 Å². The summed E-state index contributed by atoms with van der Waals surface area (Å²) in [4.78, 5) is 0. The Balaban J connectivity index is 0. The fourth-order valence-corrected chi connectivity index (χ4v) is 2.69. The van der Waals surface area contributed by atoms with Crippen LogP contribution in [0, 0.1) is 0 Å². The fraction of sp³-hybridized carbons (Fsp3) is 1.00. The van der Waals surface area contributed by atoms with Crippen LogP contribution in [-0.4, -0.2) is 6.54 Å². The van der Waals surface area contributed by atoms with Gasteiger partial charge in [0.25, 0.3) is 0 Å². The van der Waals surface area contributed by atoms with Crippen molar-refractivity contribution < 1.29 is 0 Å². The van der Waals surface area contributed by atoms with Gasteiger partial charge in [-0.3, -0.25) is 0 Å². The fourth-order valence-electron chi connectivity index (χ4n) is 2.69. The second-order valence-corrected chi connectivity index (χ2v) is 6.09. The number of hydrogen-bond donors (Lipinski definition) is 1. The van der Waals surface area contributed by atoms with E-state index in [1.165, 1.54) is 103 Å². The predicted octanol–water partition coefficient (Wildman–Crippen LogP) is 6.63. The van der Waals surface area contributed by atoms with Crippen LogP contribution in [0.4, 0.5) is 0 Å². The Kier molecular flexibility index (Phi) is 24.3. The van der Waals surface area contributed by atoms with Crippen LogP contribution >= 0.6 is 12.4 Å². The molecule has 20 heavy (non-hydrogen) atoms. The maximum absolute atomic E-state index is 5.48. The Morgan fingerprint density at radius 2 is 0.700 bits per heavy atom. The van der Waals surface area contributed by atoms with Crippen molar-refractivity contribution in [1.29, 1.82) is 0 Å². The van der Waals surface area contributed by atoms with Gasteiger partial charge in [-0.15, -0.1) is 12.4 Å². The highest BCUT2D eigenvalue weighted by Gasteiger charge is 1.94. The minimum absolute atomic E-state index is 0. The average Bonchev–Trinajstić information content (AvgIpc) is 2.43. The van der Waals surface area contributed by atoms with Gasteiger partial charge >= 0.3 is 0 Å². The molecule has 0 atom stereocenters. The lowest BCUT2D eigenvalue weighted by molar-refractivity contribution is 0.530. The second-order valence-electron chi connectivity index (χ2n) is 6.09. The number of halogens is 1. The molecule has 0 spiro atoms. The first-order valence-electron chi connectivity index (χ1n) is 9.12. The van der Waals surface area contributed by atoms with E-state index in [0.29, 0.717) is 0 Å². The van der Waals surface area contributed by atoms with Gasteiger partial charge in [-0.1, -0.05) is 103 Å². The highest BCUT2D eigenvalue weighted by molar-refractivity contribution is 5.85. The molecule has 1 nitrogen and oxygen atoms in total. The average molecular weight is 306 g/mol. The van der Waals surface area contributed by atoms with E-state index in [9.17, 15) is 0 Å². The van der Waals surface area contributed by atoms with Crippen molar-refractivity contribution in [3.8, 4) is 0 Å². The molecule has 0 unspecified atom stereocenters. The monoisotopic (exact) mass is 305 g/mol. The van der Waals surface area contributed by atoms with Gasteiger partial charge in [-0.2, -0.15) is 0 Å². The zero-order valence-corrected chi connectivity index (χ0v) is 14.8. The molecule has 124 valence electrons. The van der Waals surface area contributed by atoms with Crippen molar-refractivity contribution in [3.05, 3.63) is 0 Å². The zero-order chi connectivity index (χ0) is 14.0. The molecule has 0 saturated heterocycles. The molecule has 0 saturated carbocycles. The quantitative estimate of drug-likeness (QED) is 0.318. The molecule has 0 aliphatic rings. The maximum atomic E-state index is 5.48. The number of unbranched alkanes of at least 4 members (excludes halogenated alkanes) is 15. The molecule has 0 rings (SSSR count). The molecule has 0 bridgehead atoms. The molecule has 2 N–H and O–H groups in total. The van der Waals surface area contributed by atoms with Crippen LogP contribution in [0.5, 0.6) is 0 Å². The predicted molar refractivity (Wildman–Crippen MR) is 95.8 cm³/mol. The van der Waals surface area contributed by atoms with Gasteiger partial charge in [0.1, 0.15) is 0 Å². The summed E-state index contributed by atoms with van der Waals surface area (Å²) in [5.74, 6) is 0.